The number of hydrogen-bond acceptors (Lipinski definition) is 3. The Hall–Kier alpha value is -1.80. The molecule has 1 aromatic rings. The van der Waals surface area contributed by atoms with Gasteiger partial charge in [0.05, 0.1) is 18.7 Å². The maximum absolute atomic E-state index is 13.1. The molecule has 2 rings (SSSR count). The molecule has 5 nitrogen and oxygen atoms in total. The van der Waals surface area contributed by atoms with Gasteiger partial charge in [0.15, 0.2) is 5.96 Å². The van der Waals surface area contributed by atoms with Crippen LogP contribution in [0.4, 0.5) is 13.2 Å². The van der Waals surface area contributed by atoms with Crippen LogP contribution in [0.15, 0.2) is 29.3 Å². The van der Waals surface area contributed by atoms with Crippen molar-refractivity contribution in [2.75, 3.05) is 46.4 Å². The van der Waals surface area contributed by atoms with Crippen molar-refractivity contribution in [3.63, 3.8) is 0 Å². The van der Waals surface area contributed by atoms with Gasteiger partial charge >= 0.3 is 6.18 Å². The van der Waals surface area contributed by atoms with E-state index in [9.17, 15) is 13.2 Å². The number of aliphatic imine (C=N–C) groups is 1. The van der Waals surface area contributed by atoms with Gasteiger partial charge in [0, 0.05) is 25.7 Å². The molecule has 1 heterocycles. The highest BCUT2D eigenvalue weighted by atomic mass is 19.4. The van der Waals surface area contributed by atoms with Crippen molar-refractivity contribution in [2.24, 2.45) is 4.99 Å². The van der Waals surface area contributed by atoms with E-state index in [1.807, 2.05) is 6.92 Å². The van der Waals surface area contributed by atoms with Crippen LogP contribution in [0.2, 0.25) is 0 Å². The van der Waals surface area contributed by atoms with E-state index < -0.39 is 17.8 Å². The number of unbranched alkanes of at least 4 members (excludes halogenated alkanes) is 1. The number of alkyl halides is 3. The third-order valence-corrected chi connectivity index (χ3v) is 5.35. The fourth-order valence-corrected chi connectivity index (χ4v) is 3.30. The van der Waals surface area contributed by atoms with Crippen LogP contribution in [0.3, 0.4) is 0 Å². The molecule has 1 atom stereocenters. The van der Waals surface area contributed by atoms with E-state index >= 15 is 0 Å². The largest absolute Gasteiger partial charge is 0.416 e. The van der Waals surface area contributed by atoms with E-state index in [1.165, 1.54) is 12.1 Å². The van der Waals surface area contributed by atoms with Gasteiger partial charge in [-0.15, -0.1) is 0 Å². The van der Waals surface area contributed by atoms with Crippen molar-refractivity contribution in [1.82, 2.24) is 15.1 Å². The zero-order valence-corrected chi connectivity index (χ0v) is 18.5. The standard InChI is InChI=1S/C22H35F3N4O/c1-5-26-21(27-11-6-7-12-28(4)17(2)3)29-13-14-30-20(16-29)18-9-8-10-19(15-18)22(23,24)25/h8-10,15,17,20H,5-7,11-14,16H2,1-4H3,(H,26,27). The lowest BCUT2D eigenvalue weighted by molar-refractivity contribution is -0.137. The summed E-state index contributed by atoms with van der Waals surface area (Å²) in [5.41, 5.74) is -0.102. The molecule has 8 heteroatoms. The molecule has 0 radical (unpaired) electrons. The van der Waals surface area contributed by atoms with E-state index in [1.54, 1.807) is 6.07 Å². The van der Waals surface area contributed by atoms with Crippen LogP contribution in [-0.4, -0.2) is 68.2 Å². The summed E-state index contributed by atoms with van der Waals surface area (Å²) in [5.74, 6) is 0.801. The van der Waals surface area contributed by atoms with Crippen LogP contribution in [0, 0.1) is 0 Å². The number of rotatable bonds is 8. The highest BCUT2D eigenvalue weighted by Gasteiger charge is 2.32. The van der Waals surface area contributed by atoms with Crippen molar-refractivity contribution in [2.45, 2.75) is 51.9 Å². The number of ether oxygens (including phenoxy) is 1. The summed E-state index contributed by atoms with van der Waals surface area (Å²) in [4.78, 5) is 9.14. The molecule has 1 aliphatic rings. The van der Waals surface area contributed by atoms with Crippen molar-refractivity contribution >= 4 is 5.96 Å². The normalized spacial score (nSPS) is 18.4. The first-order chi connectivity index (χ1) is 14.2. The zero-order chi connectivity index (χ0) is 22.1. The molecule has 0 spiro atoms. The van der Waals surface area contributed by atoms with Gasteiger partial charge in [0.25, 0.3) is 0 Å². The topological polar surface area (TPSA) is 40.1 Å². The Morgan fingerprint density at radius 2 is 2.10 bits per heavy atom. The van der Waals surface area contributed by atoms with Crippen LogP contribution in [0.1, 0.15) is 50.8 Å². The number of nitrogens with zero attached hydrogens (tertiary/aromatic N) is 3. The number of halogens is 3. The lowest BCUT2D eigenvalue weighted by Gasteiger charge is -2.35. The molecule has 1 aromatic carbocycles. The molecule has 1 saturated heterocycles. The lowest BCUT2D eigenvalue weighted by Crippen LogP contribution is -2.48. The molecule has 0 aliphatic carbocycles. The summed E-state index contributed by atoms with van der Waals surface area (Å²) < 4.78 is 44.9. The molecular weight excluding hydrogens is 393 g/mol. The molecule has 1 aliphatic heterocycles. The average Bonchev–Trinajstić information content (AvgIpc) is 2.72. The van der Waals surface area contributed by atoms with Crippen LogP contribution in [0.5, 0.6) is 0 Å². The second-order valence-corrected chi connectivity index (χ2v) is 7.95. The van der Waals surface area contributed by atoms with E-state index in [0.717, 1.165) is 44.5 Å². The fraction of sp³-hybridized carbons (Fsp3) is 0.682. The van der Waals surface area contributed by atoms with E-state index in [2.05, 4.69) is 36.0 Å². The molecule has 30 heavy (non-hydrogen) atoms. The molecular formula is C22H35F3N4O. The van der Waals surface area contributed by atoms with Gasteiger partial charge < -0.3 is 19.9 Å². The predicted molar refractivity (Wildman–Crippen MR) is 115 cm³/mol. The smallest absolute Gasteiger partial charge is 0.370 e. The Morgan fingerprint density at radius 3 is 2.77 bits per heavy atom. The molecule has 1 N–H and O–H groups in total. The van der Waals surface area contributed by atoms with Crippen LogP contribution >= 0.6 is 0 Å². The first-order valence-corrected chi connectivity index (χ1v) is 10.7. The van der Waals surface area contributed by atoms with Gasteiger partial charge in [-0.1, -0.05) is 12.1 Å². The molecule has 0 bridgehead atoms. The van der Waals surface area contributed by atoms with Crippen LogP contribution in [0.25, 0.3) is 0 Å². The third-order valence-electron chi connectivity index (χ3n) is 5.35. The number of benzene rings is 1. The summed E-state index contributed by atoms with van der Waals surface area (Å²) in [6.45, 7) is 10.5. The number of morpholine rings is 1. The van der Waals surface area contributed by atoms with Crippen molar-refractivity contribution < 1.29 is 17.9 Å². The maximum Gasteiger partial charge on any atom is 0.416 e. The first kappa shape index (κ1) is 24.5. The Morgan fingerprint density at radius 1 is 1.33 bits per heavy atom. The SMILES string of the molecule is CCNC(=NCCCCN(C)C(C)C)N1CCOC(c2cccc(C(F)(F)F)c2)C1. The van der Waals surface area contributed by atoms with Gasteiger partial charge in [0.1, 0.15) is 6.10 Å². The van der Waals surface area contributed by atoms with Gasteiger partial charge in [0.2, 0.25) is 0 Å². The molecule has 1 fully saturated rings. The van der Waals surface area contributed by atoms with Crippen molar-refractivity contribution in [1.29, 1.82) is 0 Å². The van der Waals surface area contributed by atoms with Gasteiger partial charge in [-0.25, -0.2) is 0 Å². The Balaban J connectivity index is 1.98. The van der Waals surface area contributed by atoms with Gasteiger partial charge in [-0.2, -0.15) is 13.2 Å². The maximum atomic E-state index is 13.1. The number of nitrogens with one attached hydrogen (secondary N) is 1. The summed E-state index contributed by atoms with van der Waals surface area (Å²) in [6, 6.07) is 5.94. The Kier molecular flexibility index (Phi) is 9.42. The monoisotopic (exact) mass is 428 g/mol. The number of hydrogen-bond donors (Lipinski definition) is 1. The number of guanidine groups is 1. The second-order valence-electron chi connectivity index (χ2n) is 7.95. The van der Waals surface area contributed by atoms with E-state index in [-0.39, 0.29) is 0 Å². The van der Waals surface area contributed by atoms with Crippen LogP contribution < -0.4 is 5.32 Å². The second kappa shape index (κ2) is 11.6. The van der Waals surface area contributed by atoms with Crippen LogP contribution in [-0.2, 0) is 10.9 Å². The Labute approximate surface area is 178 Å². The average molecular weight is 429 g/mol. The van der Waals surface area contributed by atoms with Crippen molar-refractivity contribution in [3.8, 4) is 0 Å². The van der Waals surface area contributed by atoms with Crippen molar-refractivity contribution in [3.05, 3.63) is 35.4 Å². The molecule has 0 aromatic heterocycles. The molecule has 0 amide bonds. The Bertz CT molecular complexity index is 679. The summed E-state index contributed by atoms with van der Waals surface area (Å²) in [5, 5.41) is 3.31. The summed E-state index contributed by atoms with van der Waals surface area (Å²) in [7, 11) is 2.12. The van der Waals surface area contributed by atoms with Gasteiger partial charge in [-0.3, -0.25) is 4.99 Å². The summed E-state index contributed by atoms with van der Waals surface area (Å²) >= 11 is 0. The highest BCUT2D eigenvalue weighted by Crippen LogP contribution is 2.32. The third kappa shape index (κ3) is 7.47. The zero-order valence-electron chi connectivity index (χ0n) is 18.5. The minimum absolute atomic E-state index is 0.412. The lowest BCUT2D eigenvalue weighted by atomic mass is 10.0. The molecule has 170 valence electrons. The minimum atomic E-state index is -4.36. The minimum Gasteiger partial charge on any atom is -0.370 e. The van der Waals surface area contributed by atoms with E-state index in [0.29, 0.717) is 31.3 Å². The van der Waals surface area contributed by atoms with E-state index in [4.69, 9.17) is 9.73 Å². The first-order valence-electron chi connectivity index (χ1n) is 10.7. The highest BCUT2D eigenvalue weighted by molar-refractivity contribution is 5.80. The van der Waals surface area contributed by atoms with Gasteiger partial charge in [-0.05, 0) is 64.9 Å². The summed E-state index contributed by atoms with van der Waals surface area (Å²) in [6.07, 6.45) is -2.70. The predicted octanol–water partition coefficient (Wildman–Crippen LogP) is 4.16. The fourth-order valence-electron chi connectivity index (χ4n) is 3.30. The molecule has 1 unspecified atom stereocenters. The quantitative estimate of drug-likeness (QED) is 0.383. The molecule has 0 saturated carbocycles.